The van der Waals surface area contributed by atoms with Gasteiger partial charge in [0.2, 0.25) is 0 Å². The maximum atomic E-state index is 12.4. The van der Waals surface area contributed by atoms with Gasteiger partial charge in [0.1, 0.15) is 18.1 Å². The van der Waals surface area contributed by atoms with Crippen molar-refractivity contribution in [2.24, 2.45) is 0 Å². The summed E-state index contributed by atoms with van der Waals surface area (Å²) in [6.07, 6.45) is 0. The first-order valence-electron chi connectivity index (χ1n) is 9.60. The largest absolute Gasteiger partial charge is 0.496 e. The second kappa shape index (κ2) is 10.1. The van der Waals surface area contributed by atoms with Gasteiger partial charge >= 0.3 is 0 Å². The van der Waals surface area contributed by atoms with Crippen LogP contribution >= 0.6 is 0 Å². The Kier molecular flexibility index (Phi) is 7.28. The van der Waals surface area contributed by atoms with Crippen molar-refractivity contribution in [1.82, 2.24) is 10.2 Å². The van der Waals surface area contributed by atoms with Crippen LogP contribution in [-0.4, -0.2) is 57.4 Å². The molecule has 1 aliphatic heterocycles. The van der Waals surface area contributed by atoms with Crippen LogP contribution in [0.25, 0.3) is 0 Å². The Labute approximate surface area is 166 Å². The summed E-state index contributed by atoms with van der Waals surface area (Å²) >= 11 is 0. The number of ether oxygens (including phenoxy) is 3. The molecule has 0 atom stereocenters. The summed E-state index contributed by atoms with van der Waals surface area (Å²) in [5, 5.41) is 2.95. The van der Waals surface area contributed by atoms with E-state index in [2.05, 4.69) is 10.2 Å². The van der Waals surface area contributed by atoms with Crippen molar-refractivity contribution in [3.05, 3.63) is 59.2 Å². The fourth-order valence-corrected chi connectivity index (χ4v) is 3.11. The van der Waals surface area contributed by atoms with Gasteiger partial charge in [0.05, 0.1) is 20.3 Å². The molecular formula is C22H28N2O4. The second-order valence-electron chi connectivity index (χ2n) is 6.82. The summed E-state index contributed by atoms with van der Waals surface area (Å²) in [4.78, 5) is 14.8. The van der Waals surface area contributed by atoms with E-state index in [1.165, 1.54) is 0 Å². The first kappa shape index (κ1) is 20.2. The quantitative estimate of drug-likeness (QED) is 0.758. The molecule has 1 amide bonds. The number of hydrogen-bond donors (Lipinski definition) is 1. The lowest BCUT2D eigenvalue weighted by atomic mass is 10.1. The molecule has 6 nitrogen and oxygen atoms in total. The predicted octanol–water partition coefficient (Wildman–Crippen LogP) is 2.64. The maximum absolute atomic E-state index is 12.4. The lowest BCUT2D eigenvalue weighted by Gasteiger charge is -2.26. The van der Waals surface area contributed by atoms with Crippen molar-refractivity contribution in [2.45, 2.75) is 13.5 Å². The predicted molar refractivity (Wildman–Crippen MR) is 108 cm³/mol. The van der Waals surface area contributed by atoms with Gasteiger partial charge in [-0.25, -0.2) is 0 Å². The van der Waals surface area contributed by atoms with Crippen LogP contribution in [-0.2, 0) is 11.3 Å². The van der Waals surface area contributed by atoms with Crippen molar-refractivity contribution in [3.8, 4) is 11.5 Å². The van der Waals surface area contributed by atoms with E-state index in [-0.39, 0.29) is 5.91 Å². The smallest absolute Gasteiger partial charge is 0.251 e. The Bertz CT molecular complexity index is 788. The average molecular weight is 384 g/mol. The summed E-state index contributed by atoms with van der Waals surface area (Å²) in [5.74, 6) is 1.40. The van der Waals surface area contributed by atoms with Crippen molar-refractivity contribution < 1.29 is 19.0 Å². The number of aryl methyl sites for hydroxylation is 1. The van der Waals surface area contributed by atoms with Gasteiger partial charge in [-0.05, 0) is 42.3 Å². The first-order valence-corrected chi connectivity index (χ1v) is 9.60. The van der Waals surface area contributed by atoms with Crippen LogP contribution in [0.3, 0.4) is 0 Å². The van der Waals surface area contributed by atoms with E-state index in [1.807, 2.05) is 37.3 Å². The summed E-state index contributed by atoms with van der Waals surface area (Å²) in [6.45, 7) is 7.42. The van der Waals surface area contributed by atoms with Gasteiger partial charge in [0.25, 0.3) is 5.91 Å². The van der Waals surface area contributed by atoms with E-state index >= 15 is 0 Å². The highest BCUT2D eigenvalue weighted by molar-refractivity contribution is 5.94. The molecule has 1 N–H and O–H groups in total. The number of carbonyl (C=O) groups is 1. The van der Waals surface area contributed by atoms with E-state index in [9.17, 15) is 4.79 Å². The standard InChI is InChI=1S/C22H28N2O4/c1-17-6-7-19(15-21(17)26-2)22(25)23-16-18-4-3-5-20(14-18)28-13-10-24-8-11-27-12-9-24/h3-7,14-15H,8-13,16H2,1-2H3,(H,23,25). The van der Waals surface area contributed by atoms with E-state index in [0.29, 0.717) is 24.5 Å². The van der Waals surface area contributed by atoms with E-state index < -0.39 is 0 Å². The van der Waals surface area contributed by atoms with Crippen LogP contribution in [0.15, 0.2) is 42.5 Å². The third-order valence-electron chi connectivity index (χ3n) is 4.80. The lowest BCUT2D eigenvalue weighted by Crippen LogP contribution is -2.38. The Hall–Kier alpha value is -2.57. The Morgan fingerprint density at radius 1 is 1.18 bits per heavy atom. The summed E-state index contributed by atoms with van der Waals surface area (Å²) in [7, 11) is 1.61. The lowest BCUT2D eigenvalue weighted by molar-refractivity contribution is 0.0322. The molecule has 0 aliphatic carbocycles. The fourth-order valence-electron chi connectivity index (χ4n) is 3.11. The molecule has 0 bridgehead atoms. The third-order valence-corrected chi connectivity index (χ3v) is 4.80. The van der Waals surface area contributed by atoms with Gasteiger partial charge < -0.3 is 19.5 Å². The minimum atomic E-state index is -0.128. The van der Waals surface area contributed by atoms with Crippen LogP contribution in [0.4, 0.5) is 0 Å². The Balaban J connectivity index is 1.49. The molecule has 1 aliphatic rings. The molecule has 28 heavy (non-hydrogen) atoms. The number of methoxy groups -OCH3 is 1. The molecule has 150 valence electrons. The molecule has 2 aromatic rings. The molecule has 3 rings (SSSR count). The highest BCUT2D eigenvalue weighted by Crippen LogP contribution is 2.19. The molecule has 0 radical (unpaired) electrons. The number of morpholine rings is 1. The highest BCUT2D eigenvalue weighted by Gasteiger charge is 2.10. The molecule has 0 saturated carbocycles. The van der Waals surface area contributed by atoms with Gasteiger partial charge in [-0.2, -0.15) is 0 Å². The molecule has 0 unspecified atom stereocenters. The normalized spacial score (nSPS) is 14.5. The van der Waals surface area contributed by atoms with Crippen LogP contribution < -0.4 is 14.8 Å². The highest BCUT2D eigenvalue weighted by atomic mass is 16.5. The number of nitrogens with one attached hydrogen (secondary N) is 1. The topological polar surface area (TPSA) is 60.0 Å². The third kappa shape index (κ3) is 5.71. The second-order valence-corrected chi connectivity index (χ2v) is 6.82. The van der Waals surface area contributed by atoms with Crippen molar-refractivity contribution >= 4 is 5.91 Å². The number of hydrogen-bond acceptors (Lipinski definition) is 5. The molecule has 0 spiro atoms. The number of rotatable bonds is 8. The van der Waals surface area contributed by atoms with Crippen molar-refractivity contribution in [1.29, 1.82) is 0 Å². The zero-order valence-corrected chi connectivity index (χ0v) is 16.6. The van der Waals surface area contributed by atoms with Gasteiger partial charge in [-0.1, -0.05) is 18.2 Å². The molecular weight excluding hydrogens is 356 g/mol. The van der Waals surface area contributed by atoms with Crippen LogP contribution in [0.1, 0.15) is 21.5 Å². The van der Waals surface area contributed by atoms with E-state index in [0.717, 1.165) is 49.7 Å². The minimum Gasteiger partial charge on any atom is -0.496 e. The minimum absolute atomic E-state index is 0.128. The number of benzene rings is 2. The monoisotopic (exact) mass is 384 g/mol. The molecule has 1 saturated heterocycles. The Morgan fingerprint density at radius 3 is 2.79 bits per heavy atom. The van der Waals surface area contributed by atoms with Crippen molar-refractivity contribution in [2.75, 3.05) is 46.6 Å². The maximum Gasteiger partial charge on any atom is 0.251 e. The SMILES string of the molecule is COc1cc(C(=O)NCc2cccc(OCCN3CCOCC3)c2)ccc1C. The van der Waals surface area contributed by atoms with E-state index in [1.54, 1.807) is 19.2 Å². The summed E-state index contributed by atoms with van der Waals surface area (Å²) < 4.78 is 16.5. The number of amides is 1. The molecule has 6 heteroatoms. The first-order chi connectivity index (χ1) is 13.7. The van der Waals surface area contributed by atoms with E-state index in [4.69, 9.17) is 14.2 Å². The van der Waals surface area contributed by atoms with Crippen LogP contribution in [0.5, 0.6) is 11.5 Å². The fraction of sp³-hybridized carbons (Fsp3) is 0.409. The van der Waals surface area contributed by atoms with Crippen molar-refractivity contribution in [3.63, 3.8) is 0 Å². The molecule has 2 aromatic carbocycles. The van der Waals surface area contributed by atoms with Gasteiger partial charge in [-0.15, -0.1) is 0 Å². The van der Waals surface area contributed by atoms with Gasteiger partial charge in [-0.3, -0.25) is 9.69 Å². The van der Waals surface area contributed by atoms with Gasteiger partial charge in [0.15, 0.2) is 0 Å². The average Bonchev–Trinajstić information content (AvgIpc) is 2.73. The van der Waals surface area contributed by atoms with Gasteiger partial charge in [0, 0.05) is 31.7 Å². The zero-order valence-electron chi connectivity index (χ0n) is 16.6. The zero-order chi connectivity index (χ0) is 19.8. The number of nitrogens with zero attached hydrogens (tertiary/aromatic N) is 1. The van der Waals surface area contributed by atoms with Crippen LogP contribution in [0, 0.1) is 6.92 Å². The summed E-state index contributed by atoms with van der Waals surface area (Å²) in [6, 6.07) is 13.3. The Morgan fingerprint density at radius 2 is 2.00 bits per heavy atom. The molecule has 1 fully saturated rings. The van der Waals surface area contributed by atoms with Crippen LogP contribution in [0.2, 0.25) is 0 Å². The molecule has 1 heterocycles. The number of carbonyl (C=O) groups excluding carboxylic acids is 1. The molecule has 0 aromatic heterocycles. The summed E-state index contributed by atoms with van der Waals surface area (Å²) in [5.41, 5.74) is 2.58.